The smallest absolute Gasteiger partial charge is 0.310 e. The first-order valence-electron chi connectivity index (χ1n) is 10.0. The van der Waals surface area contributed by atoms with E-state index >= 15 is 0 Å². The van der Waals surface area contributed by atoms with Gasteiger partial charge in [-0.3, -0.25) is 4.79 Å². The molecule has 0 aliphatic carbocycles. The Kier molecular flexibility index (Phi) is 5.60. The van der Waals surface area contributed by atoms with E-state index < -0.39 is 0 Å². The maximum Gasteiger partial charge on any atom is 0.310 e. The topological polar surface area (TPSA) is 64.5 Å². The van der Waals surface area contributed by atoms with Crippen LogP contribution < -0.4 is 9.64 Å². The number of methoxy groups -OCH3 is 1. The zero-order valence-electron chi connectivity index (χ0n) is 16.8. The quantitative estimate of drug-likeness (QED) is 0.611. The van der Waals surface area contributed by atoms with Crippen LogP contribution in [0.15, 0.2) is 48.5 Å². The highest BCUT2D eigenvalue weighted by Crippen LogP contribution is 2.31. The minimum absolute atomic E-state index is 0.120. The van der Waals surface area contributed by atoms with E-state index in [1.165, 1.54) is 0 Å². The third-order valence-electron chi connectivity index (χ3n) is 5.27. The molecule has 6 nitrogen and oxygen atoms in total. The van der Waals surface area contributed by atoms with E-state index in [4.69, 9.17) is 19.4 Å². The number of para-hydroxylation sites is 1. The molecule has 1 aliphatic heterocycles. The molecule has 0 bridgehead atoms. The van der Waals surface area contributed by atoms with Crippen molar-refractivity contribution < 1.29 is 14.3 Å². The maximum absolute atomic E-state index is 12.3. The van der Waals surface area contributed by atoms with Crippen LogP contribution in [-0.4, -0.2) is 42.7 Å². The van der Waals surface area contributed by atoms with Crippen molar-refractivity contribution in [3.8, 4) is 17.1 Å². The van der Waals surface area contributed by atoms with Crippen LogP contribution in [0.25, 0.3) is 22.3 Å². The Morgan fingerprint density at radius 1 is 1.14 bits per heavy atom. The van der Waals surface area contributed by atoms with Gasteiger partial charge in [0.05, 0.1) is 25.2 Å². The maximum atomic E-state index is 12.3. The molecule has 1 saturated heterocycles. The van der Waals surface area contributed by atoms with Gasteiger partial charge in [-0.15, -0.1) is 0 Å². The van der Waals surface area contributed by atoms with E-state index in [9.17, 15) is 4.79 Å². The summed E-state index contributed by atoms with van der Waals surface area (Å²) in [7, 11) is 1.65. The van der Waals surface area contributed by atoms with Gasteiger partial charge in [0.25, 0.3) is 0 Å². The molecule has 0 unspecified atom stereocenters. The van der Waals surface area contributed by atoms with Gasteiger partial charge in [0.2, 0.25) is 0 Å². The molecule has 0 amide bonds. The molecule has 6 heteroatoms. The third kappa shape index (κ3) is 4.01. The predicted octanol–water partition coefficient (Wildman–Crippen LogP) is 4.08. The van der Waals surface area contributed by atoms with Crippen LogP contribution in [0.1, 0.15) is 19.8 Å². The van der Waals surface area contributed by atoms with Crippen molar-refractivity contribution in [1.29, 1.82) is 0 Å². The van der Waals surface area contributed by atoms with Crippen molar-refractivity contribution in [1.82, 2.24) is 9.97 Å². The summed E-state index contributed by atoms with van der Waals surface area (Å²) in [5.41, 5.74) is 1.82. The highest BCUT2D eigenvalue weighted by Gasteiger charge is 2.28. The average molecular weight is 391 g/mol. The molecule has 0 spiro atoms. The second-order valence-electron chi connectivity index (χ2n) is 7.15. The lowest BCUT2D eigenvalue weighted by Gasteiger charge is -2.33. The summed E-state index contributed by atoms with van der Waals surface area (Å²) in [5.74, 6) is 2.09. The van der Waals surface area contributed by atoms with E-state index in [1.54, 1.807) is 7.11 Å². The molecule has 1 atom stereocenters. The summed E-state index contributed by atoms with van der Waals surface area (Å²) in [4.78, 5) is 24.2. The molecule has 0 saturated carbocycles. The largest absolute Gasteiger partial charge is 0.497 e. The number of carbonyl (C=O) groups is 1. The summed E-state index contributed by atoms with van der Waals surface area (Å²) in [6.07, 6.45) is 1.78. The molecule has 2 heterocycles. The van der Waals surface area contributed by atoms with Gasteiger partial charge in [-0.2, -0.15) is 0 Å². The lowest BCUT2D eigenvalue weighted by molar-refractivity contribution is -0.148. The number of nitrogens with zero attached hydrogens (tertiary/aromatic N) is 3. The minimum atomic E-state index is -0.123. The van der Waals surface area contributed by atoms with Crippen LogP contribution in [0.2, 0.25) is 0 Å². The molecular formula is C23H25N3O3. The van der Waals surface area contributed by atoms with E-state index in [0.717, 1.165) is 47.4 Å². The summed E-state index contributed by atoms with van der Waals surface area (Å²) in [5, 5.41) is 0.995. The third-order valence-corrected chi connectivity index (χ3v) is 5.27. The fraction of sp³-hybridized carbons (Fsp3) is 0.348. The number of ether oxygens (including phenoxy) is 2. The molecule has 2 aromatic carbocycles. The first kappa shape index (κ1) is 19.2. The van der Waals surface area contributed by atoms with Gasteiger partial charge in [0, 0.05) is 24.0 Å². The number of hydrogen-bond donors (Lipinski definition) is 0. The van der Waals surface area contributed by atoms with Crippen molar-refractivity contribution in [2.24, 2.45) is 5.92 Å². The fourth-order valence-corrected chi connectivity index (χ4v) is 3.79. The number of benzene rings is 2. The Labute approximate surface area is 170 Å². The van der Waals surface area contributed by atoms with E-state index in [2.05, 4.69) is 4.90 Å². The SMILES string of the molecule is CCOC(=O)[C@@H]1CCCN(c2nc(-c3ccc(OC)cc3)nc3ccccc23)C1. The number of carbonyl (C=O) groups excluding carboxylic acids is 1. The van der Waals surface area contributed by atoms with Gasteiger partial charge in [-0.25, -0.2) is 9.97 Å². The van der Waals surface area contributed by atoms with Crippen molar-refractivity contribution in [2.45, 2.75) is 19.8 Å². The molecule has 3 aromatic rings. The Morgan fingerprint density at radius 3 is 2.69 bits per heavy atom. The molecule has 0 N–H and O–H groups in total. The van der Waals surface area contributed by atoms with Gasteiger partial charge in [-0.1, -0.05) is 12.1 Å². The highest BCUT2D eigenvalue weighted by atomic mass is 16.5. The molecule has 1 fully saturated rings. The van der Waals surface area contributed by atoms with Crippen LogP contribution in [0.3, 0.4) is 0 Å². The minimum Gasteiger partial charge on any atom is -0.497 e. The highest BCUT2D eigenvalue weighted by molar-refractivity contribution is 5.91. The number of hydrogen-bond acceptors (Lipinski definition) is 6. The molecule has 0 radical (unpaired) electrons. The molecular weight excluding hydrogens is 366 g/mol. The normalized spacial score (nSPS) is 16.6. The molecule has 1 aromatic heterocycles. The summed E-state index contributed by atoms with van der Waals surface area (Å²) < 4.78 is 10.5. The molecule has 29 heavy (non-hydrogen) atoms. The lowest BCUT2D eigenvalue weighted by Crippen LogP contribution is -2.40. The van der Waals surface area contributed by atoms with Gasteiger partial charge in [0.15, 0.2) is 5.82 Å². The number of anilines is 1. The zero-order valence-corrected chi connectivity index (χ0v) is 16.8. The van der Waals surface area contributed by atoms with Crippen molar-refractivity contribution in [2.75, 3.05) is 31.7 Å². The van der Waals surface area contributed by atoms with Crippen molar-refractivity contribution in [3.63, 3.8) is 0 Å². The van der Waals surface area contributed by atoms with E-state index in [0.29, 0.717) is 19.0 Å². The molecule has 150 valence electrons. The number of aromatic nitrogens is 2. The second-order valence-corrected chi connectivity index (χ2v) is 7.15. The van der Waals surface area contributed by atoms with E-state index in [-0.39, 0.29) is 11.9 Å². The number of piperidine rings is 1. The number of esters is 1. The van der Waals surface area contributed by atoms with Crippen LogP contribution in [0.4, 0.5) is 5.82 Å². The van der Waals surface area contributed by atoms with Gasteiger partial charge in [-0.05, 0) is 56.2 Å². The number of rotatable bonds is 5. The Bertz CT molecular complexity index is 1000. The zero-order chi connectivity index (χ0) is 20.2. The van der Waals surface area contributed by atoms with Crippen molar-refractivity contribution in [3.05, 3.63) is 48.5 Å². The van der Waals surface area contributed by atoms with Crippen LogP contribution in [0.5, 0.6) is 5.75 Å². The van der Waals surface area contributed by atoms with Gasteiger partial charge >= 0.3 is 5.97 Å². The predicted molar refractivity (Wildman–Crippen MR) is 113 cm³/mol. The van der Waals surface area contributed by atoms with Gasteiger partial charge < -0.3 is 14.4 Å². The Balaban J connectivity index is 1.73. The van der Waals surface area contributed by atoms with Crippen LogP contribution in [0, 0.1) is 5.92 Å². The first-order valence-corrected chi connectivity index (χ1v) is 10.0. The standard InChI is InChI=1S/C23H25N3O3/c1-3-29-23(27)17-7-6-14-26(15-17)22-19-8-4-5-9-20(19)24-21(25-22)16-10-12-18(28-2)13-11-16/h4-5,8-13,17H,3,6-7,14-15H2,1-2H3/t17-/m1/s1. The second kappa shape index (κ2) is 8.47. The molecule has 1 aliphatic rings. The van der Waals surface area contributed by atoms with Crippen molar-refractivity contribution >= 4 is 22.7 Å². The Morgan fingerprint density at radius 2 is 1.93 bits per heavy atom. The van der Waals surface area contributed by atoms with Crippen LogP contribution >= 0.6 is 0 Å². The van der Waals surface area contributed by atoms with Gasteiger partial charge in [0.1, 0.15) is 11.6 Å². The summed E-state index contributed by atoms with van der Waals surface area (Å²) in [6.45, 7) is 3.73. The lowest BCUT2D eigenvalue weighted by atomic mass is 9.98. The van der Waals surface area contributed by atoms with E-state index in [1.807, 2.05) is 55.5 Å². The monoisotopic (exact) mass is 391 g/mol. The Hall–Kier alpha value is -3.15. The average Bonchev–Trinajstić information content (AvgIpc) is 2.78. The summed E-state index contributed by atoms with van der Waals surface area (Å²) >= 11 is 0. The van der Waals surface area contributed by atoms with Crippen LogP contribution in [-0.2, 0) is 9.53 Å². The number of fused-ring (bicyclic) bond motifs is 1. The molecule has 4 rings (SSSR count). The first-order chi connectivity index (χ1) is 14.2. The summed E-state index contributed by atoms with van der Waals surface area (Å²) in [6, 6.07) is 15.8. The fourth-order valence-electron chi connectivity index (χ4n) is 3.79.